The number of nitrogens with zero attached hydrogens (tertiary/aromatic N) is 4. The van der Waals surface area contributed by atoms with Gasteiger partial charge in [0, 0.05) is 17.7 Å². The van der Waals surface area contributed by atoms with Gasteiger partial charge < -0.3 is 0 Å². The number of benzene rings is 1. The maximum Gasteiger partial charge on any atom is 0.296 e. The van der Waals surface area contributed by atoms with Gasteiger partial charge in [-0.25, -0.2) is 14.6 Å². The number of thioether (sulfide) groups is 1. The first-order valence-corrected chi connectivity index (χ1v) is 11.6. The molecule has 0 aliphatic carbocycles. The van der Waals surface area contributed by atoms with Crippen LogP contribution in [0.25, 0.3) is 11.8 Å². The molecule has 3 aromatic rings. The second kappa shape index (κ2) is 8.56. The van der Waals surface area contributed by atoms with E-state index in [1.165, 1.54) is 16.7 Å². The van der Waals surface area contributed by atoms with Gasteiger partial charge in [-0.15, -0.1) is 17.9 Å². The maximum absolute atomic E-state index is 13.5. The van der Waals surface area contributed by atoms with Gasteiger partial charge in [0.05, 0.1) is 11.4 Å². The highest BCUT2D eigenvalue weighted by Crippen LogP contribution is 2.31. The van der Waals surface area contributed by atoms with Crippen LogP contribution in [0.3, 0.4) is 0 Å². The molecule has 1 aliphatic heterocycles. The van der Waals surface area contributed by atoms with Crippen LogP contribution in [0.1, 0.15) is 16.1 Å². The van der Waals surface area contributed by atoms with E-state index >= 15 is 0 Å². The van der Waals surface area contributed by atoms with Gasteiger partial charge in [0.1, 0.15) is 11.4 Å². The molecule has 0 saturated carbocycles. The molecule has 2 aromatic heterocycles. The number of rotatable bonds is 5. The lowest BCUT2D eigenvalue weighted by Gasteiger charge is -2.15. The molecule has 0 N–H and O–H groups in total. The number of aryl methyl sites for hydroxylation is 1. The smallest absolute Gasteiger partial charge is 0.283 e. The predicted octanol–water partition coefficient (Wildman–Crippen LogP) is 4.52. The molecular weight excluding hydrogens is 428 g/mol. The van der Waals surface area contributed by atoms with Crippen LogP contribution < -0.4 is 10.5 Å². The third kappa shape index (κ3) is 3.73. The van der Waals surface area contributed by atoms with Gasteiger partial charge in [0.25, 0.3) is 11.5 Å². The van der Waals surface area contributed by atoms with Crippen LogP contribution >= 0.6 is 23.1 Å². The molecule has 4 rings (SSSR count). The van der Waals surface area contributed by atoms with Crippen molar-refractivity contribution in [2.45, 2.75) is 13.8 Å². The van der Waals surface area contributed by atoms with Crippen LogP contribution in [0.2, 0.25) is 0 Å². The molecule has 1 aromatic carbocycles. The number of carbonyl (C=O) groups is 1. The van der Waals surface area contributed by atoms with Crippen molar-refractivity contribution in [3.63, 3.8) is 0 Å². The van der Waals surface area contributed by atoms with Gasteiger partial charge in [-0.3, -0.25) is 14.3 Å². The van der Waals surface area contributed by atoms with Gasteiger partial charge in [0.15, 0.2) is 5.17 Å². The van der Waals surface area contributed by atoms with E-state index < -0.39 is 0 Å². The summed E-state index contributed by atoms with van der Waals surface area (Å²) in [4.78, 5) is 33.9. The Kier molecular flexibility index (Phi) is 5.84. The summed E-state index contributed by atoms with van der Waals surface area (Å²) in [6.07, 6.45) is 3.55. The molecule has 1 aliphatic rings. The summed E-state index contributed by atoms with van der Waals surface area (Å²) in [5, 5.41) is 2.46. The normalized spacial score (nSPS) is 15.1. The molecular formula is C23H22N4O2S2. The fraction of sp³-hybridized carbons (Fsp3) is 0.174. The summed E-state index contributed by atoms with van der Waals surface area (Å²) in [6, 6.07) is 11.4. The largest absolute Gasteiger partial charge is 0.296 e. The standard InChI is InChI=1S/C23H22N4O2S2/c1-5-12-31-23-24-18(14-19-15(2)11-13-30-19)21(28)26(23)20-16(3)25(4)27(22(20)29)17-9-7-6-8-10-17/h5-11,13-14H,1,12H2,2-4H3. The van der Waals surface area contributed by atoms with Crippen molar-refractivity contribution in [1.82, 2.24) is 9.36 Å². The second-order valence-corrected chi connectivity index (χ2v) is 8.98. The van der Waals surface area contributed by atoms with E-state index in [2.05, 4.69) is 11.6 Å². The lowest BCUT2D eigenvalue weighted by molar-refractivity contribution is -0.113. The van der Waals surface area contributed by atoms with E-state index in [9.17, 15) is 9.59 Å². The zero-order chi connectivity index (χ0) is 22.1. The Morgan fingerprint density at radius 3 is 2.55 bits per heavy atom. The summed E-state index contributed by atoms with van der Waals surface area (Å²) in [7, 11) is 1.81. The zero-order valence-electron chi connectivity index (χ0n) is 17.5. The molecule has 1 amide bonds. The third-order valence-corrected chi connectivity index (χ3v) is 6.98. The van der Waals surface area contributed by atoms with E-state index in [0.717, 1.165) is 16.1 Å². The van der Waals surface area contributed by atoms with Crippen molar-refractivity contribution in [2.75, 3.05) is 10.7 Å². The number of para-hydroxylation sites is 1. The summed E-state index contributed by atoms with van der Waals surface area (Å²) in [6.45, 7) is 7.60. The third-order valence-electron chi connectivity index (χ3n) is 5.08. The van der Waals surface area contributed by atoms with Crippen molar-refractivity contribution in [1.29, 1.82) is 0 Å². The van der Waals surface area contributed by atoms with E-state index in [0.29, 0.717) is 28.0 Å². The molecule has 0 bridgehead atoms. The van der Waals surface area contributed by atoms with Gasteiger partial charge in [-0.2, -0.15) is 0 Å². The SMILES string of the molecule is C=CCSC1=NC(=Cc2sccc2C)C(=O)N1c1c(C)n(C)n(-c2ccccc2)c1=O. The highest BCUT2D eigenvalue weighted by Gasteiger charge is 2.36. The lowest BCUT2D eigenvalue weighted by atomic mass is 10.2. The van der Waals surface area contributed by atoms with E-state index in [1.54, 1.807) is 32.9 Å². The quantitative estimate of drug-likeness (QED) is 0.424. The van der Waals surface area contributed by atoms with Crippen molar-refractivity contribution >= 4 is 45.9 Å². The first-order valence-electron chi connectivity index (χ1n) is 9.70. The van der Waals surface area contributed by atoms with Crippen LogP contribution in [0.5, 0.6) is 0 Å². The number of amidine groups is 1. The Morgan fingerprint density at radius 1 is 1.16 bits per heavy atom. The van der Waals surface area contributed by atoms with Gasteiger partial charge >= 0.3 is 0 Å². The van der Waals surface area contributed by atoms with E-state index in [1.807, 2.05) is 62.7 Å². The highest BCUT2D eigenvalue weighted by atomic mass is 32.2. The van der Waals surface area contributed by atoms with Gasteiger partial charge in [0.2, 0.25) is 0 Å². The summed E-state index contributed by atoms with van der Waals surface area (Å²) >= 11 is 2.94. The molecule has 3 heterocycles. The molecule has 0 radical (unpaired) electrons. The predicted molar refractivity (Wildman–Crippen MR) is 130 cm³/mol. The number of aromatic nitrogens is 2. The number of hydrogen-bond acceptors (Lipinski definition) is 5. The molecule has 8 heteroatoms. The minimum Gasteiger partial charge on any atom is -0.283 e. The molecule has 0 fully saturated rings. The zero-order valence-corrected chi connectivity index (χ0v) is 19.2. The minimum atomic E-state index is -0.301. The molecule has 0 spiro atoms. The molecule has 6 nitrogen and oxygen atoms in total. The fourth-order valence-electron chi connectivity index (χ4n) is 3.39. The number of carbonyl (C=O) groups excluding carboxylic acids is 1. The van der Waals surface area contributed by atoms with Crippen molar-refractivity contribution in [3.05, 3.63) is 86.6 Å². The van der Waals surface area contributed by atoms with Crippen LogP contribution in [-0.4, -0.2) is 26.2 Å². The first kappa shape index (κ1) is 21.1. The minimum absolute atomic E-state index is 0.264. The number of hydrogen-bond donors (Lipinski definition) is 0. The average molecular weight is 451 g/mol. The molecule has 0 unspecified atom stereocenters. The first-order chi connectivity index (χ1) is 14.9. The van der Waals surface area contributed by atoms with Gasteiger partial charge in [-0.1, -0.05) is 36.0 Å². The number of thiophene rings is 1. The molecule has 31 heavy (non-hydrogen) atoms. The highest BCUT2D eigenvalue weighted by molar-refractivity contribution is 8.14. The van der Waals surface area contributed by atoms with Crippen molar-refractivity contribution < 1.29 is 4.79 Å². The fourth-order valence-corrected chi connectivity index (χ4v) is 4.98. The monoisotopic (exact) mass is 450 g/mol. The van der Waals surface area contributed by atoms with E-state index in [-0.39, 0.29) is 11.5 Å². The maximum atomic E-state index is 13.5. The molecule has 0 atom stereocenters. The Labute approximate surface area is 188 Å². The molecule has 158 valence electrons. The average Bonchev–Trinajstić information content (AvgIpc) is 3.37. The molecule has 0 saturated heterocycles. The Bertz CT molecular complexity index is 1280. The van der Waals surface area contributed by atoms with Gasteiger partial charge in [-0.05, 0) is 49.1 Å². The summed E-state index contributed by atoms with van der Waals surface area (Å²) < 4.78 is 3.33. The van der Waals surface area contributed by atoms with Crippen molar-refractivity contribution in [2.24, 2.45) is 12.0 Å². The number of amides is 1. The van der Waals surface area contributed by atoms with Crippen LogP contribution in [-0.2, 0) is 11.8 Å². The Balaban J connectivity index is 1.85. The van der Waals surface area contributed by atoms with Crippen LogP contribution in [0.4, 0.5) is 5.69 Å². The number of anilines is 1. The topological polar surface area (TPSA) is 59.6 Å². The number of aliphatic imine (C=N–C) groups is 1. The summed E-state index contributed by atoms with van der Waals surface area (Å²) in [5.41, 5.74) is 2.88. The van der Waals surface area contributed by atoms with E-state index in [4.69, 9.17) is 0 Å². The Morgan fingerprint density at radius 2 is 1.90 bits per heavy atom. The Hall–Kier alpha value is -3.10. The van der Waals surface area contributed by atoms with Crippen LogP contribution in [0, 0.1) is 13.8 Å². The second-order valence-electron chi connectivity index (χ2n) is 7.04. The lowest BCUT2D eigenvalue weighted by Crippen LogP contribution is -2.35. The van der Waals surface area contributed by atoms with Crippen LogP contribution in [0.15, 0.2) is 69.9 Å². The summed E-state index contributed by atoms with van der Waals surface area (Å²) in [5.74, 6) is 0.275. The van der Waals surface area contributed by atoms with Crippen molar-refractivity contribution in [3.8, 4) is 5.69 Å².